The number of ketones is 1. The van der Waals surface area contributed by atoms with Gasteiger partial charge in [0, 0.05) is 18.3 Å². The number of benzene rings is 1. The van der Waals surface area contributed by atoms with Crippen molar-refractivity contribution < 1.29 is 34.1 Å². The number of aliphatic hydroxyl groups excluding tert-OH is 3. The molecule has 2 heterocycles. The fourth-order valence-electron chi connectivity index (χ4n) is 4.28. The maximum atomic E-state index is 12.9. The first-order chi connectivity index (χ1) is 16.5. The normalized spacial score (nSPS) is 28.9. The minimum atomic E-state index is -1.25. The van der Waals surface area contributed by atoms with Gasteiger partial charge >= 0.3 is 5.97 Å². The fourth-order valence-corrected chi connectivity index (χ4v) is 4.28. The molecule has 0 unspecified atom stereocenters. The maximum Gasteiger partial charge on any atom is 0.309 e. The van der Waals surface area contributed by atoms with E-state index in [0.29, 0.717) is 17.5 Å². The molecule has 8 nitrogen and oxygen atoms in total. The average Bonchev–Trinajstić information content (AvgIpc) is 3.23. The van der Waals surface area contributed by atoms with Crippen LogP contribution in [-0.2, 0) is 20.9 Å². The molecule has 0 bridgehead atoms. The van der Waals surface area contributed by atoms with Crippen LogP contribution in [0.1, 0.15) is 83.8 Å². The Hall–Kier alpha value is -2.55. The van der Waals surface area contributed by atoms with Crippen LogP contribution in [-0.4, -0.2) is 44.3 Å². The minimum Gasteiger partial charge on any atom is -0.457 e. The van der Waals surface area contributed by atoms with E-state index >= 15 is 0 Å². The van der Waals surface area contributed by atoms with Crippen LogP contribution < -0.4 is 0 Å². The number of fused-ring (bicyclic) bond motifs is 1. The smallest absolute Gasteiger partial charge is 0.309 e. The number of ether oxygens (including phenoxy) is 1. The summed E-state index contributed by atoms with van der Waals surface area (Å²) in [4.78, 5) is 30.0. The quantitative estimate of drug-likeness (QED) is 0.425. The number of carbonyl (C=O) groups is 2. The van der Waals surface area contributed by atoms with Crippen LogP contribution in [0, 0.1) is 11.3 Å². The third kappa shape index (κ3) is 6.78. The molecule has 3 rings (SSSR count). The Morgan fingerprint density at radius 3 is 2.63 bits per heavy atom. The van der Waals surface area contributed by atoms with E-state index in [9.17, 15) is 24.9 Å². The number of aliphatic hydroxyl groups is 3. The van der Waals surface area contributed by atoms with Crippen LogP contribution in [0.5, 0.6) is 0 Å². The minimum absolute atomic E-state index is 0.0525. The lowest BCUT2D eigenvalue weighted by atomic mass is 9.77. The monoisotopic (exact) mass is 487 g/mol. The molecule has 0 radical (unpaired) electrons. The largest absolute Gasteiger partial charge is 0.457 e. The summed E-state index contributed by atoms with van der Waals surface area (Å²) in [6.07, 6.45) is 1.88. The molecule has 0 fully saturated rings. The van der Waals surface area contributed by atoms with Gasteiger partial charge in [0.05, 0.1) is 18.6 Å². The Balaban J connectivity index is 1.89. The third-order valence-corrected chi connectivity index (χ3v) is 7.11. The topological polar surface area (TPSA) is 130 Å². The SMILES string of the molecule is C/C1=C\C[C@@H](c2ccc3oc(CO)nc3c2)OC(=O)C[C@H](O)C(C)(C)C(=O)C[C@H](O)[C@@H](C)CCC1. The van der Waals surface area contributed by atoms with Crippen LogP contribution in [0.4, 0.5) is 0 Å². The van der Waals surface area contributed by atoms with E-state index in [-0.39, 0.29) is 37.0 Å². The number of Topliss-reactive ketones (excluding diaryl/α,β-unsaturated/α-hetero) is 1. The molecule has 3 N–H and O–H groups in total. The predicted octanol–water partition coefficient (Wildman–Crippen LogP) is 4.16. The Morgan fingerprint density at radius 2 is 1.91 bits per heavy atom. The van der Waals surface area contributed by atoms with E-state index in [1.807, 2.05) is 19.9 Å². The number of allylic oxidation sites excluding steroid dienone is 1. The highest BCUT2D eigenvalue weighted by Crippen LogP contribution is 2.32. The summed E-state index contributed by atoms with van der Waals surface area (Å²) in [6.45, 7) is 6.82. The van der Waals surface area contributed by atoms with Gasteiger partial charge in [-0.25, -0.2) is 4.98 Å². The van der Waals surface area contributed by atoms with E-state index in [4.69, 9.17) is 9.15 Å². The summed E-state index contributed by atoms with van der Waals surface area (Å²) in [5, 5.41) is 30.6. The summed E-state index contributed by atoms with van der Waals surface area (Å²) >= 11 is 0. The van der Waals surface area contributed by atoms with Crippen molar-refractivity contribution in [2.24, 2.45) is 11.3 Å². The maximum absolute atomic E-state index is 12.9. The molecule has 1 aromatic carbocycles. The molecule has 4 atom stereocenters. The van der Waals surface area contributed by atoms with Gasteiger partial charge in [0.2, 0.25) is 5.89 Å². The van der Waals surface area contributed by atoms with Crippen LogP contribution >= 0.6 is 0 Å². The van der Waals surface area contributed by atoms with Gasteiger partial charge in [-0.1, -0.05) is 38.5 Å². The molecule has 1 aliphatic heterocycles. The summed E-state index contributed by atoms with van der Waals surface area (Å²) in [5.41, 5.74) is 1.73. The van der Waals surface area contributed by atoms with Gasteiger partial charge in [-0.15, -0.1) is 0 Å². The van der Waals surface area contributed by atoms with Crippen molar-refractivity contribution in [2.45, 2.75) is 91.1 Å². The number of rotatable bonds is 2. The van der Waals surface area contributed by atoms with Gasteiger partial charge < -0.3 is 24.5 Å². The van der Waals surface area contributed by atoms with Crippen molar-refractivity contribution in [3.05, 3.63) is 41.3 Å². The van der Waals surface area contributed by atoms with Gasteiger partial charge in [-0.3, -0.25) is 9.59 Å². The Bertz CT molecular complexity index is 1070. The van der Waals surface area contributed by atoms with E-state index in [1.165, 1.54) is 0 Å². The van der Waals surface area contributed by atoms with Gasteiger partial charge in [-0.05, 0) is 49.8 Å². The number of aromatic nitrogens is 1. The van der Waals surface area contributed by atoms with E-state index in [2.05, 4.69) is 4.98 Å². The van der Waals surface area contributed by atoms with Crippen LogP contribution in [0.25, 0.3) is 11.1 Å². The first-order valence-electron chi connectivity index (χ1n) is 12.3. The predicted molar refractivity (Wildman–Crippen MR) is 130 cm³/mol. The molecular weight excluding hydrogens is 450 g/mol. The third-order valence-electron chi connectivity index (χ3n) is 7.11. The van der Waals surface area contributed by atoms with Crippen LogP contribution in [0.2, 0.25) is 0 Å². The summed E-state index contributed by atoms with van der Waals surface area (Å²) < 4.78 is 11.2. The first-order valence-corrected chi connectivity index (χ1v) is 12.3. The number of oxazole rings is 1. The molecule has 1 aliphatic rings. The second-order valence-corrected chi connectivity index (χ2v) is 10.3. The summed E-state index contributed by atoms with van der Waals surface area (Å²) in [7, 11) is 0. The van der Waals surface area contributed by atoms with Crippen molar-refractivity contribution in [1.82, 2.24) is 4.98 Å². The molecule has 8 heteroatoms. The van der Waals surface area contributed by atoms with Crippen molar-refractivity contribution in [3.63, 3.8) is 0 Å². The van der Waals surface area contributed by atoms with Gasteiger partial charge in [0.15, 0.2) is 5.58 Å². The molecule has 0 aliphatic carbocycles. The Labute approximate surface area is 206 Å². The molecule has 2 aromatic rings. The lowest BCUT2D eigenvalue weighted by Crippen LogP contribution is -2.41. The van der Waals surface area contributed by atoms with Crippen molar-refractivity contribution >= 4 is 22.9 Å². The molecule has 0 saturated carbocycles. The highest BCUT2D eigenvalue weighted by molar-refractivity contribution is 5.86. The van der Waals surface area contributed by atoms with Gasteiger partial charge in [0.1, 0.15) is 24.0 Å². The molecule has 0 saturated heterocycles. The standard InChI is InChI=1S/C27H37NO7/c1-16-6-5-7-17(2)20(30)13-23(31)27(3,4)24(32)14-26(33)35-21(10-8-16)18-9-11-22-19(12-18)28-25(15-29)34-22/h8-9,11-12,17,20-21,24,29-30,32H,5-7,10,13-15H2,1-4H3/b16-8+/t17-,20-,21-,24-/m0/s1. The molecule has 35 heavy (non-hydrogen) atoms. The number of hydrogen-bond donors (Lipinski definition) is 3. The highest BCUT2D eigenvalue weighted by atomic mass is 16.5. The molecular formula is C27H37NO7. The first kappa shape index (κ1) is 27.0. The second-order valence-electron chi connectivity index (χ2n) is 10.3. The van der Waals surface area contributed by atoms with Gasteiger partial charge in [0.25, 0.3) is 0 Å². The zero-order valence-electron chi connectivity index (χ0n) is 21.0. The number of esters is 1. The second kappa shape index (κ2) is 11.5. The zero-order chi connectivity index (χ0) is 25.8. The summed E-state index contributed by atoms with van der Waals surface area (Å²) in [6, 6.07) is 5.29. The fraction of sp³-hybridized carbons (Fsp3) is 0.593. The Morgan fingerprint density at radius 1 is 1.17 bits per heavy atom. The Kier molecular flexibility index (Phi) is 8.85. The summed E-state index contributed by atoms with van der Waals surface area (Å²) in [5.74, 6) is -0.750. The van der Waals surface area contributed by atoms with Crippen molar-refractivity contribution in [1.29, 1.82) is 0 Å². The lowest BCUT2D eigenvalue weighted by Gasteiger charge is -2.31. The van der Waals surface area contributed by atoms with Crippen LogP contribution in [0.3, 0.4) is 0 Å². The number of hydrogen-bond acceptors (Lipinski definition) is 8. The van der Waals surface area contributed by atoms with Crippen LogP contribution in [0.15, 0.2) is 34.3 Å². The zero-order valence-corrected chi connectivity index (χ0v) is 21.0. The van der Waals surface area contributed by atoms with E-state index < -0.39 is 29.7 Å². The van der Waals surface area contributed by atoms with Crippen molar-refractivity contribution in [3.8, 4) is 0 Å². The molecule has 192 valence electrons. The van der Waals surface area contributed by atoms with Crippen molar-refractivity contribution in [2.75, 3.05) is 0 Å². The number of nitrogens with zero attached hydrogens (tertiary/aromatic N) is 1. The highest BCUT2D eigenvalue weighted by Gasteiger charge is 2.38. The van der Waals surface area contributed by atoms with Gasteiger partial charge in [-0.2, -0.15) is 0 Å². The number of carbonyl (C=O) groups excluding carboxylic acids is 2. The lowest BCUT2D eigenvalue weighted by molar-refractivity contribution is -0.155. The van der Waals surface area contributed by atoms with E-state index in [1.54, 1.807) is 32.0 Å². The van der Waals surface area contributed by atoms with E-state index in [0.717, 1.165) is 30.4 Å². The average molecular weight is 488 g/mol. The molecule has 1 aromatic heterocycles. The molecule has 0 amide bonds. The number of cyclic esters (lactones) is 1. The molecule has 0 spiro atoms.